The zero-order chi connectivity index (χ0) is 15.6. The van der Waals surface area contributed by atoms with Gasteiger partial charge in [0.1, 0.15) is 0 Å². The van der Waals surface area contributed by atoms with Crippen molar-refractivity contribution < 1.29 is 13.5 Å². The second-order valence-electron chi connectivity index (χ2n) is 5.19. The largest absolute Gasteiger partial charge is 0.398 e. The molecular weight excluding hydrogens is 300 g/mol. The third-order valence-electron chi connectivity index (χ3n) is 3.10. The number of halogens is 1. The molecular formula is C13H21ClN2O3S. The van der Waals surface area contributed by atoms with E-state index < -0.39 is 15.6 Å². The summed E-state index contributed by atoms with van der Waals surface area (Å²) in [6.07, 6.45) is 1.27. The topological polar surface area (TPSA) is 92.4 Å². The number of anilines is 1. The van der Waals surface area contributed by atoms with E-state index >= 15 is 0 Å². The van der Waals surface area contributed by atoms with E-state index in [1.54, 1.807) is 13.8 Å². The van der Waals surface area contributed by atoms with Gasteiger partial charge in [0, 0.05) is 17.3 Å². The number of nitrogens with one attached hydrogen (secondary N) is 1. The highest BCUT2D eigenvalue weighted by atomic mass is 35.5. The number of nitrogen functional groups attached to an aromatic ring is 1. The van der Waals surface area contributed by atoms with E-state index in [9.17, 15) is 13.5 Å². The monoisotopic (exact) mass is 320 g/mol. The van der Waals surface area contributed by atoms with Crippen molar-refractivity contribution in [3.63, 3.8) is 0 Å². The summed E-state index contributed by atoms with van der Waals surface area (Å²) in [5, 5.41) is 10.3. The van der Waals surface area contributed by atoms with Crippen LogP contribution in [0, 0.1) is 6.92 Å². The van der Waals surface area contributed by atoms with Crippen molar-refractivity contribution in [1.29, 1.82) is 0 Å². The minimum absolute atomic E-state index is 0.00195. The van der Waals surface area contributed by atoms with Gasteiger partial charge in [-0.15, -0.1) is 0 Å². The first-order chi connectivity index (χ1) is 9.09. The van der Waals surface area contributed by atoms with Crippen molar-refractivity contribution >= 4 is 27.3 Å². The minimum atomic E-state index is -3.75. The Balaban J connectivity index is 2.95. The summed E-state index contributed by atoms with van der Waals surface area (Å²) in [7, 11) is -3.75. The van der Waals surface area contributed by atoms with Crippen molar-refractivity contribution in [2.45, 2.75) is 44.1 Å². The van der Waals surface area contributed by atoms with E-state index in [0.29, 0.717) is 22.7 Å². The standard InChI is InChI=1S/C13H21ClN2O3S/c1-4-5-13(3,17)8-16-20(18,19)10-6-11(14)9(2)12(15)7-10/h6-7,16-17H,4-5,8,15H2,1-3H3. The number of hydrogen-bond donors (Lipinski definition) is 3. The summed E-state index contributed by atoms with van der Waals surface area (Å²) in [5.74, 6) is 0. The smallest absolute Gasteiger partial charge is 0.240 e. The quantitative estimate of drug-likeness (QED) is 0.699. The number of aliphatic hydroxyl groups is 1. The number of sulfonamides is 1. The predicted molar refractivity (Wildman–Crippen MR) is 81.3 cm³/mol. The van der Waals surface area contributed by atoms with Gasteiger partial charge < -0.3 is 10.8 Å². The molecule has 0 aliphatic carbocycles. The van der Waals surface area contributed by atoms with Gasteiger partial charge in [0.25, 0.3) is 0 Å². The van der Waals surface area contributed by atoms with Gasteiger partial charge in [-0.3, -0.25) is 0 Å². The zero-order valence-corrected chi connectivity index (χ0v) is 13.5. The van der Waals surface area contributed by atoms with Crippen LogP contribution in [0.5, 0.6) is 0 Å². The zero-order valence-electron chi connectivity index (χ0n) is 11.9. The fraction of sp³-hybridized carbons (Fsp3) is 0.538. The average molecular weight is 321 g/mol. The van der Waals surface area contributed by atoms with E-state index in [-0.39, 0.29) is 11.4 Å². The van der Waals surface area contributed by atoms with Crippen molar-refractivity contribution in [2.24, 2.45) is 0 Å². The second kappa shape index (κ2) is 6.30. The van der Waals surface area contributed by atoms with E-state index in [4.69, 9.17) is 17.3 Å². The molecule has 0 amide bonds. The molecule has 0 aromatic heterocycles. The molecule has 1 aromatic rings. The normalized spacial score (nSPS) is 15.1. The van der Waals surface area contributed by atoms with Crippen LogP contribution in [0.3, 0.4) is 0 Å². The molecule has 1 rings (SSSR count). The van der Waals surface area contributed by atoms with Crippen LogP contribution < -0.4 is 10.5 Å². The molecule has 1 atom stereocenters. The summed E-state index contributed by atoms with van der Waals surface area (Å²) < 4.78 is 26.7. The van der Waals surface area contributed by atoms with Crippen molar-refractivity contribution in [3.05, 3.63) is 22.7 Å². The molecule has 7 heteroatoms. The molecule has 0 aliphatic rings. The van der Waals surface area contributed by atoms with Gasteiger partial charge in [-0.2, -0.15) is 0 Å². The lowest BCUT2D eigenvalue weighted by molar-refractivity contribution is 0.0554. The number of nitrogens with two attached hydrogens (primary N) is 1. The lowest BCUT2D eigenvalue weighted by atomic mass is 10.0. The third kappa shape index (κ3) is 4.34. The molecule has 20 heavy (non-hydrogen) atoms. The van der Waals surface area contributed by atoms with Crippen LogP contribution in [0.25, 0.3) is 0 Å². The molecule has 0 aliphatic heterocycles. The molecule has 4 N–H and O–H groups in total. The van der Waals surface area contributed by atoms with Gasteiger partial charge in [0.15, 0.2) is 0 Å². The first-order valence-corrected chi connectivity index (χ1v) is 8.23. The summed E-state index contributed by atoms with van der Waals surface area (Å²) in [5.41, 5.74) is 5.60. The van der Waals surface area contributed by atoms with Gasteiger partial charge in [-0.05, 0) is 38.0 Å². The van der Waals surface area contributed by atoms with Crippen molar-refractivity contribution in [3.8, 4) is 0 Å². The van der Waals surface area contributed by atoms with E-state index in [0.717, 1.165) is 6.42 Å². The predicted octanol–water partition coefficient (Wildman–Crippen LogP) is 2.06. The Morgan fingerprint density at radius 3 is 2.55 bits per heavy atom. The first kappa shape index (κ1) is 17.2. The van der Waals surface area contributed by atoms with Crippen LogP contribution in [0.1, 0.15) is 32.3 Å². The van der Waals surface area contributed by atoms with Crippen LogP contribution in [0.4, 0.5) is 5.69 Å². The van der Waals surface area contributed by atoms with Crippen LogP contribution >= 0.6 is 11.6 Å². The number of hydrogen-bond acceptors (Lipinski definition) is 4. The molecule has 0 saturated carbocycles. The molecule has 0 radical (unpaired) electrons. The molecule has 0 bridgehead atoms. The Kier molecular flexibility index (Phi) is 5.43. The van der Waals surface area contributed by atoms with Gasteiger partial charge in [-0.25, -0.2) is 13.1 Å². The van der Waals surface area contributed by atoms with Gasteiger partial charge in [0.05, 0.1) is 10.5 Å². The van der Waals surface area contributed by atoms with E-state index in [1.807, 2.05) is 6.92 Å². The fourth-order valence-electron chi connectivity index (χ4n) is 1.79. The molecule has 1 aromatic carbocycles. The maximum atomic E-state index is 12.2. The Morgan fingerprint density at radius 1 is 1.45 bits per heavy atom. The molecule has 0 saturated heterocycles. The number of rotatable bonds is 6. The fourth-order valence-corrected chi connectivity index (χ4v) is 3.30. The molecule has 0 spiro atoms. The maximum absolute atomic E-state index is 12.2. The van der Waals surface area contributed by atoms with E-state index in [1.165, 1.54) is 12.1 Å². The highest BCUT2D eigenvalue weighted by Crippen LogP contribution is 2.26. The van der Waals surface area contributed by atoms with Crippen molar-refractivity contribution in [1.82, 2.24) is 4.72 Å². The van der Waals surface area contributed by atoms with Crippen LogP contribution in [0.15, 0.2) is 17.0 Å². The molecule has 1 unspecified atom stereocenters. The average Bonchev–Trinajstić information content (AvgIpc) is 2.33. The maximum Gasteiger partial charge on any atom is 0.240 e. The van der Waals surface area contributed by atoms with Crippen molar-refractivity contribution in [2.75, 3.05) is 12.3 Å². The summed E-state index contributed by atoms with van der Waals surface area (Å²) in [6.45, 7) is 5.17. The number of benzene rings is 1. The Hall–Kier alpha value is -0.820. The van der Waals surface area contributed by atoms with Crippen LogP contribution in [-0.2, 0) is 10.0 Å². The van der Waals surface area contributed by atoms with E-state index in [2.05, 4.69) is 4.72 Å². The first-order valence-electron chi connectivity index (χ1n) is 6.37. The Bertz CT molecular complexity index is 562. The summed E-state index contributed by atoms with van der Waals surface area (Å²) >= 11 is 5.94. The SMILES string of the molecule is CCCC(C)(O)CNS(=O)(=O)c1cc(N)c(C)c(Cl)c1. The Morgan fingerprint density at radius 2 is 2.05 bits per heavy atom. The van der Waals surface area contributed by atoms with Crippen LogP contribution in [0.2, 0.25) is 5.02 Å². The highest BCUT2D eigenvalue weighted by Gasteiger charge is 2.24. The second-order valence-corrected chi connectivity index (χ2v) is 7.36. The minimum Gasteiger partial charge on any atom is -0.398 e. The molecule has 5 nitrogen and oxygen atoms in total. The molecule has 0 fully saturated rings. The molecule has 114 valence electrons. The van der Waals surface area contributed by atoms with Gasteiger partial charge >= 0.3 is 0 Å². The summed E-state index contributed by atoms with van der Waals surface area (Å²) in [4.78, 5) is -0.00195. The van der Waals surface area contributed by atoms with Gasteiger partial charge in [0.2, 0.25) is 10.0 Å². The summed E-state index contributed by atoms with van der Waals surface area (Å²) in [6, 6.07) is 2.71. The third-order valence-corrected chi connectivity index (χ3v) is 4.87. The molecule has 0 heterocycles. The Labute approximate surface area is 125 Å². The lowest BCUT2D eigenvalue weighted by Gasteiger charge is -2.23. The van der Waals surface area contributed by atoms with Crippen LogP contribution in [-0.4, -0.2) is 25.7 Å². The highest BCUT2D eigenvalue weighted by molar-refractivity contribution is 7.89. The van der Waals surface area contributed by atoms with Gasteiger partial charge in [-0.1, -0.05) is 24.9 Å². The lowest BCUT2D eigenvalue weighted by Crippen LogP contribution is -2.40.